The van der Waals surface area contributed by atoms with Crippen molar-refractivity contribution in [1.29, 1.82) is 0 Å². The van der Waals surface area contributed by atoms with Crippen LogP contribution in [0.1, 0.15) is 68.7 Å². The minimum Gasteiger partial charge on any atom is -0.487 e. The molecule has 0 unspecified atom stereocenters. The maximum absolute atomic E-state index is 12.8. The van der Waals surface area contributed by atoms with E-state index in [1.54, 1.807) is 0 Å². The zero-order valence-electron chi connectivity index (χ0n) is 17.5. The Bertz CT molecular complexity index is 872. The normalized spacial score (nSPS) is 19.4. The van der Waals surface area contributed by atoms with Crippen LogP contribution in [-0.4, -0.2) is 18.1 Å². The molecular formula is C25H31NO3. The molecular weight excluding hydrogens is 362 g/mol. The van der Waals surface area contributed by atoms with Gasteiger partial charge in [-0.25, -0.2) is 0 Å². The lowest BCUT2D eigenvalue weighted by atomic mass is 9.83. The topological polar surface area (TPSA) is 47.6 Å². The van der Waals surface area contributed by atoms with E-state index in [1.807, 2.05) is 36.4 Å². The van der Waals surface area contributed by atoms with Gasteiger partial charge in [0.05, 0.1) is 6.04 Å². The summed E-state index contributed by atoms with van der Waals surface area (Å²) in [5.41, 5.74) is 3.46. The van der Waals surface area contributed by atoms with Gasteiger partial charge in [-0.15, -0.1) is 0 Å². The summed E-state index contributed by atoms with van der Waals surface area (Å²) in [4.78, 5) is 12.8. The zero-order valence-corrected chi connectivity index (χ0v) is 17.5. The van der Waals surface area contributed by atoms with E-state index in [0.29, 0.717) is 0 Å². The third-order valence-electron chi connectivity index (χ3n) is 6.53. The molecule has 2 aromatic carbocycles. The van der Waals surface area contributed by atoms with Crippen LogP contribution in [0.15, 0.2) is 42.5 Å². The van der Waals surface area contributed by atoms with E-state index in [1.165, 1.54) is 24.0 Å². The lowest BCUT2D eigenvalue weighted by molar-refractivity contribution is -0.124. The SMILES string of the molecule is CCC1(CC)C[C@@H](NC(=O)COc2cccc3c2CCCC3)c2ccccc2O1. The molecule has 4 nitrogen and oxygen atoms in total. The maximum Gasteiger partial charge on any atom is 0.258 e. The predicted octanol–water partition coefficient (Wildman–Crippen LogP) is 5.14. The minimum absolute atomic E-state index is 0.0429. The second kappa shape index (κ2) is 8.48. The molecule has 0 saturated heterocycles. The second-order valence-corrected chi connectivity index (χ2v) is 8.24. The molecule has 2 aromatic rings. The molecule has 0 fully saturated rings. The molecule has 154 valence electrons. The van der Waals surface area contributed by atoms with Gasteiger partial charge in [-0.3, -0.25) is 4.79 Å². The Morgan fingerprint density at radius 3 is 2.72 bits per heavy atom. The van der Waals surface area contributed by atoms with Crippen molar-refractivity contribution >= 4 is 5.91 Å². The highest BCUT2D eigenvalue weighted by atomic mass is 16.5. The van der Waals surface area contributed by atoms with Crippen LogP contribution in [0.5, 0.6) is 11.5 Å². The first kappa shape index (κ1) is 19.8. The summed E-state index contributed by atoms with van der Waals surface area (Å²) in [6, 6.07) is 14.2. The molecule has 0 spiro atoms. The average molecular weight is 394 g/mol. The van der Waals surface area contributed by atoms with Crippen molar-refractivity contribution in [2.24, 2.45) is 0 Å². The van der Waals surface area contributed by atoms with Gasteiger partial charge in [-0.05, 0) is 61.8 Å². The largest absolute Gasteiger partial charge is 0.487 e. The Morgan fingerprint density at radius 2 is 1.90 bits per heavy atom. The molecule has 1 atom stereocenters. The van der Waals surface area contributed by atoms with Crippen molar-refractivity contribution in [3.05, 3.63) is 59.2 Å². The lowest BCUT2D eigenvalue weighted by Crippen LogP contribution is -2.45. The van der Waals surface area contributed by atoms with E-state index in [0.717, 1.165) is 49.2 Å². The smallest absolute Gasteiger partial charge is 0.258 e. The molecule has 1 aliphatic heterocycles. The molecule has 1 amide bonds. The van der Waals surface area contributed by atoms with Gasteiger partial charge in [0.25, 0.3) is 5.91 Å². The number of fused-ring (bicyclic) bond motifs is 2. The highest BCUT2D eigenvalue weighted by Gasteiger charge is 2.38. The highest BCUT2D eigenvalue weighted by Crippen LogP contribution is 2.42. The number of hydrogen-bond acceptors (Lipinski definition) is 3. The number of carbonyl (C=O) groups is 1. The zero-order chi connectivity index (χ0) is 20.3. The number of hydrogen-bond donors (Lipinski definition) is 1. The number of benzene rings is 2. The molecule has 0 saturated carbocycles. The number of carbonyl (C=O) groups excluding carboxylic acids is 1. The van der Waals surface area contributed by atoms with Crippen LogP contribution in [0, 0.1) is 0 Å². The summed E-state index contributed by atoms with van der Waals surface area (Å²) < 4.78 is 12.3. The van der Waals surface area contributed by atoms with Crippen molar-refractivity contribution in [1.82, 2.24) is 5.32 Å². The van der Waals surface area contributed by atoms with Crippen molar-refractivity contribution in [2.45, 2.75) is 70.4 Å². The molecule has 29 heavy (non-hydrogen) atoms. The Kier molecular flexibility index (Phi) is 5.79. The first-order valence-electron chi connectivity index (χ1n) is 10.9. The van der Waals surface area contributed by atoms with Gasteiger partial charge in [0, 0.05) is 12.0 Å². The van der Waals surface area contributed by atoms with Gasteiger partial charge in [-0.2, -0.15) is 0 Å². The third-order valence-corrected chi connectivity index (χ3v) is 6.53. The number of amides is 1. The van der Waals surface area contributed by atoms with Gasteiger partial charge in [-0.1, -0.05) is 44.2 Å². The first-order valence-corrected chi connectivity index (χ1v) is 10.9. The van der Waals surface area contributed by atoms with Crippen molar-refractivity contribution in [2.75, 3.05) is 6.61 Å². The molecule has 0 radical (unpaired) electrons. The quantitative estimate of drug-likeness (QED) is 0.739. The Labute approximate surface area is 173 Å². The van der Waals surface area contributed by atoms with Crippen molar-refractivity contribution < 1.29 is 14.3 Å². The van der Waals surface area contributed by atoms with Crippen molar-refractivity contribution in [3.63, 3.8) is 0 Å². The Hall–Kier alpha value is -2.49. The summed E-state index contributed by atoms with van der Waals surface area (Å²) in [5.74, 6) is 1.66. The van der Waals surface area contributed by atoms with Crippen LogP contribution in [0.3, 0.4) is 0 Å². The van der Waals surface area contributed by atoms with E-state index in [4.69, 9.17) is 9.47 Å². The monoisotopic (exact) mass is 393 g/mol. The standard InChI is InChI=1S/C25H31NO3/c1-3-25(4-2)16-21(20-13-7-8-14-23(20)29-25)26-24(27)17-28-22-15-9-11-18-10-5-6-12-19(18)22/h7-9,11,13-15,21H,3-6,10,12,16-17H2,1-2H3,(H,26,27)/t21-/m1/s1. The van der Waals surface area contributed by atoms with E-state index in [2.05, 4.69) is 25.2 Å². The first-order chi connectivity index (χ1) is 14.1. The van der Waals surface area contributed by atoms with Gasteiger partial charge >= 0.3 is 0 Å². The van der Waals surface area contributed by atoms with Crippen LogP contribution in [-0.2, 0) is 17.6 Å². The van der Waals surface area contributed by atoms with Crippen LogP contribution in [0.25, 0.3) is 0 Å². The molecule has 1 heterocycles. The highest BCUT2D eigenvalue weighted by molar-refractivity contribution is 5.78. The average Bonchev–Trinajstić information content (AvgIpc) is 2.77. The number of nitrogens with one attached hydrogen (secondary N) is 1. The number of aryl methyl sites for hydroxylation is 1. The van der Waals surface area contributed by atoms with Crippen LogP contribution < -0.4 is 14.8 Å². The fourth-order valence-corrected chi connectivity index (χ4v) is 4.69. The molecule has 4 rings (SSSR count). The van der Waals surface area contributed by atoms with Gasteiger partial charge in [0.1, 0.15) is 17.1 Å². The molecule has 1 N–H and O–H groups in total. The van der Waals surface area contributed by atoms with Crippen LogP contribution >= 0.6 is 0 Å². The second-order valence-electron chi connectivity index (χ2n) is 8.24. The van der Waals surface area contributed by atoms with E-state index in [-0.39, 0.29) is 24.2 Å². The lowest BCUT2D eigenvalue weighted by Gasteiger charge is -2.41. The predicted molar refractivity (Wildman–Crippen MR) is 114 cm³/mol. The minimum atomic E-state index is -0.230. The Morgan fingerprint density at radius 1 is 1.10 bits per heavy atom. The third kappa shape index (κ3) is 4.12. The molecule has 0 bridgehead atoms. The number of para-hydroxylation sites is 1. The van der Waals surface area contributed by atoms with Gasteiger partial charge < -0.3 is 14.8 Å². The molecule has 2 aliphatic rings. The van der Waals surface area contributed by atoms with Crippen LogP contribution in [0.4, 0.5) is 0 Å². The fourth-order valence-electron chi connectivity index (χ4n) is 4.69. The van der Waals surface area contributed by atoms with E-state index < -0.39 is 0 Å². The van der Waals surface area contributed by atoms with Gasteiger partial charge in [0.15, 0.2) is 6.61 Å². The van der Waals surface area contributed by atoms with Crippen LogP contribution in [0.2, 0.25) is 0 Å². The molecule has 4 heteroatoms. The summed E-state index contributed by atoms with van der Waals surface area (Å²) in [6.07, 6.45) is 7.17. The van der Waals surface area contributed by atoms with Crippen molar-refractivity contribution in [3.8, 4) is 11.5 Å². The number of ether oxygens (including phenoxy) is 2. The fraction of sp³-hybridized carbons (Fsp3) is 0.480. The Balaban J connectivity index is 1.46. The summed E-state index contributed by atoms with van der Waals surface area (Å²) in [6.45, 7) is 4.34. The summed E-state index contributed by atoms with van der Waals surface area (Å²) in [7, 11) is 0. The summed E-state index contributed by atoms with van der Waals surface area (Å²) in [5, 5.41) is 3.20. The van der Waals surface area contributed by atoms with Gasteiger partial charge in [0.2, 0.25) is 0 Å². The number of rotatable bonds is 6. The summed E-state index contributed by atoms with van der Waals surface area (Å²) >= 11 is 0. The van der Waals surface area contributed by atoms with E-state index >= 15 is 0 Å². The molecule has 0 aromatic heterocycles. The maximum atomic E-state index is 12.8. The molecule has 1 aliphatic carbocycles. The van der Waals surface area contributed by atoms with E-state index in [9.17, 15) is 4.79 Å².